The van der Waals surface area contributed by atoms with Gasteiger partial charge in [-0.25, -0.2) is 0 Å². The van der Waals surface area contributed by atoms with Crippen molar-refractivity contribution in [3.05, 3.63) is 23.8 Å². The molecular weight excluding hydrogens is 258 g/mol. The highest BCUT2D eigenvalue weighted by atomic mass is 16.5. The molecule has 6 heteroatoms. The van der Waals surface area contributed by atoms with Crippen molar-refractivity contribution in [2.75, 3.05) is 33.9 Å². The molecule has 0 amide bonds. The Balaban J connectivity index is 2.34. The molecule has 110 valence electrons. The minimum absolute atomic E-state index is 0.121. The number of nitrogens with zero attached hydrogens (tertiary/aromatic N) is 2. The highest BCUT2D eigenvalue weighted by molar-refractivity contribution is 5.81. The van der Waals surface area contributed by atoms with E-state index < -0.39 is 0 Å². The largest absolute Gasteiger partial charge is 0.504 e. The van der Waals surface area contributed by atoms with Crippen LogP contribution in [-0.2, 0) is 10.3 Å². The van der Waals surface area contributed by atoms with E-state index in [1.807, 2.05) is 17.0 Å². The molecule has 0 aromatic heterocycles. The van der Waals surface area contributed by atoms with Crippen molar-refractivity contribution in [3.63, 3.8) is 0 Å². The normalized spacial score (nSPS) is 21.9. The molecule has 0 saturated heterocycles. The quantitative estimate of drug-likeness (QED) is 0.837. The standard InChI is InChI=1S/C14H21N3O3/c1-14(9-16-13(15)17(14)6-7-19-2)10-4-5-11(18)12(8-10)20-3/h4-5,8,18H,6-7,9H2,1-3H3,(H2,15,16). The summed E-state index contributed by atoms with van der Waals surface area (Å²) in [6, 6.07) is 5.32. The van der Waals surface area contributed by atoms with Crippen molar-refractivity contribution < 1.29 is 14.6 Å². The van der Waals surface area contributed by atoms with E-state index in [0.717, 1.165) is 5.56 Å². The zero-order valence-electron chi connectivity index (χ0n) is 12.1. The number of benzene rings is 1. The number of methoxy groups -OCH3 is 2. The summed E-state index contributed by atoms with van der Waals surface area (Å²) < 4.78 is 10.3. The molecule has 0 saturated carbocycles. The first-order chi connectivity index (χ1) is 9.52. The number of phenols is 1. The Labute approximate surface area is 118 Å². The van der Waals surface area contributed by atoms with Crippen LogP contribution in [0.4, 0.5) is 0 Å². The van der Waals surface area contributed by atoms with Gasteiger partial charge in [-0.2, -0.15) is 0 Å². The smallest absolute Gasteiger partial charge is 0.192 e. The van der Waals surface area contributed by atoms with Gasteiger partial charge in [0.1, 0.15) is 0 Å². The highest BCUT2D eigenvalue weighted by Crippen LogP contribution is 2.37. The van der Waals surface area contributed by atoms with Crippen molar-refractivity contribution in [1.29, 1.82) is 0 Å². The Morgan fingerprint density at radius 2 is 2.20 bits per heavy atom. The van der Waals surface area contributed by atoms with Crippen molar-refractivity contribution in [1.82, 2.24) is 4.90 Å². The second-order valence-electron chi connectivity index (χ2n) is 4.98. The van der Waals surface area contributed by atoms with Crippen LogP contribution < -0.4 is 10.5 Å². The summed E-state index contributed by atoms with van der Waals surface area (Å²) in [6.07, 6.45) is 0. The number of nitrogens with two attached hydrogens (primary N) is 1. The first kappa shape index (κ1) is 14.5. The molecule has 3 N–H and O–H groups in total. The van der Waals surface area contributed by atoms with Crippen molar-refractivity contribution in [2.24, 2.45) is 10.7 Å². The molecule has 20 heavy (non-hydrogen) atoms. The molecule has 1 aliphatic rings. The Kier molecular flexibility index (Phi) is 4.04. The molecule has 0 fully saturated rings. The average molecular weight is 279 g/mol. The lowest BCUT2D eigenvalue weighted by Gasteiger charge is -2.36. The number of hydrogen-bond donors (Lipinski definition) is 2. The van der Waals surface area contributed by atoms with E-state index in [4.69, 9.17) is 15.2 Å². The third-order valence-corrected chi connectivity index (χ3v) is 3.74. The second-order valence-corrected chi connectivity index (χ2v) is 4.98. The summed E-state index contributed by atoms with van der Waals surface area (Å²) >= 11 is 0. The monoisotopic (exact) mass is 279 g/mol. The van der Waals surface area contributed by atoms with Crippen LogP contribution in [0, 0.1) is 0 Å². The number of phenolic OH excluding ortho intramolecular Hbond substituents is 1. The summed E-state index contributed by atoms with van der Waals surface area (Å²) in [6.45, 7) is 3.86. The molecule has 0 spiro atoms. The van der Waals surface area contributed by atoms with E-state index in [0.29, 0.717) is 31.4 Å². The molecule has 1 aliphatic heterocycles. The summed E-state index contributed by atoms with van der Waals surface area (Å²) in [4.78, 5) is 6.36. The molecule has 1 atom stereocenters. The van der Waals surface area contributed by atoms with Crippen LogP contribution in [-0.4, -0.2) is 49.9 Å². The zero-order chi connectivity index (χ0) is 14.8. The molecule has 1 heterocycles. The molecule has 0 radical (unpaired) electrons. The lowest BCUT2D eigenvalue weighted by Crippen LogP contribution is -2.48. The van der Waals surface area contributed by atoms with Gasteiger partial charge in [0.15, 0.2) is 17.5 Å². The summed E-state index contributed by atoms with van der Waals surface area (Å²) in [5.74, 6) is 1.08. The molecule has 1 unspecified atom stereocenters. The van der Waals surface area contributed by atoms with Crippen molar-refractivity contribution in [2.45, 2.75) is 12.5 Å². The maximum atomic E-state index is 9.71. The maximum absolute atomic E-state index is 9.71. The van der Waals surface area contributed by atoms with E-state index in [2.05, 4.69) is 11.9 Å². The van der Waals surface area contributed by atoms with Gasteiger partial charge in [-0.05, 0) is 24.6 Å². The van der Waals surface area contributed by atoms with Gasteiger partial charge in [0, 0.05) is 13.7 Å². The number of aliphatic imine (C=N–C) groups is 1. The fourth-order valence-corrected chi connectivity index (χ4v) is 2.46. The molecule has 1 aromatic rings. The van der Waals surface area contributed by atoms with Crippen molar-refractivity contribution in [3.8, 4) is 11.5 Å². The Hall–Kier alpha value is -1.95. The van der Waals surface area contributed by atoms with Gasteiger partial charge in [0.05, 0.1) is 25.8 Å². The van der Waals surface area contributed by atoms with Crippen LogP contribution in [0.1, 0.15) is 12.5 Å². The SMILES string of the molecule is COCCN1C(N)=NCC1(C)c1ccc(O)c(OC)c1. The van der Waals surface area contributed by atoms with Gasteiger partial charge >= 0.3 is 0 Å². The van der Waals surface area contributed by atoms with Crippen LogP contribution >= 0.6 is 0 Å². The highest BCUT2D eigenvalue weighted by Gasteiger charge is 2.39. The van der Waals surface area contributed by atoms with E-state index in [1.165, 1.54) is 7.11 Å². The van der Waals surface area contributed by atoms with E-state index >= 15 is 0 Å². The maximum Gasteiger partial charge on any atom is 0.192 e. The first-order valence-corrected chi connectivity index (χ1v) is 6.47. The van der Waals surface area contributed by atoms with Gasteiger partial charge in [-0.1, -0.05) is 6.07 Å². The van der Waals surface area contributed by atoms with E-state index in [-0.39, 0.29) is 11.3 Å². The molecule has 6 nitrogen and oxygen atoms in total. The fraction of sp³-hybridized carbons (Fsp3) is 0.500. The number of hydrogen-bond acceptors (Lipinski definition) is 6. The van der Waals surface area contributed by atoms with Gasteiger partial charge in [0.25, 0.3) is 0 Å². The van der Waals surface area contributed by atoms with Crippen LogP contribution in [0.2, 0.25) is 0 Å². The number of ether oxygens (including phenoxy) is 2. The van der Waals surface area contributed by atoms with Gasteiger partial charge in [-0.3, -0.25) is 4.99 Å². The summed E-state index contributed by atoms with van der Waals surface area (Å²) in [7, 11) is 3.19. The molecule has 1 aromatic carbocycles. The van der Waals surface area contributed by atoms with E-state index in [1.54, 1.807) is 13.2 Å². The van der Waals surface area contributed by atoms with Crippen molar-refractivity contribution >= 4 is 5.96 Å². The van der Waals surface area contributed by atoms with Crippen LogP contribution in [0.15, 0.2) is 23.2 Å². The molecular formula is C14H21N3O3. The van der Waals surface area contributed by atoms with Gasteiger partial charge < -0.3 is 25.2 Å². The van der Waals surface area contributed by atoms with Crippen LogP contribution in [0.5, 0.6) is 11.5 Å². The van der Waals surface area contributed by atoms with Gasteiger partial charge in [0.2, 0.25) is 0 Å². The minimum atomic E-state index is -0.358. The molecule has 2 rings (SSSR count). The minimum Gasteiger partial charge on any atom is -0.504 e. The lowest BCUT2D eigenvalue weighted by molar-refractivity contribution is 0.137. The number of rotatable bonds is 5. The summed E-state index contributed by atoms with van der Waals surface area (Å²) in [5.41, 5.74) is 6.61. The van der Waals surface area contributed by atoms with Gasteiger partial charge in [-0.15, -0.1) is 0 Å². The predicted octanol–water partition coefficient (Wildman–Crippen LogP) is 0.893. The second kappa shape index (κ2) is 5.58. The number of aromatic hydroxyl groups is 1. The Bertz CT molecular complexity index is 518. The molecule has 0 aliphatic carbocycles. The topological polar surface area (TPSA) is 80.3 Å². The Morgan fingerprint density at radius 3 is 2.85 bits per heavy atom. The third kappa shape index (κ3) is 2.38. The van der Waals surface area contributed by atoms with E-state index in [9.17, 15) is 5.11 Å². The zero-order valence-corrected chi connectivity index (χ0v) is 12.1. The number of guanidine groups is 1. The average Bonchev–Trinajstić information content (AvgIpc) is 2.74. The summed E-state index contributed by atoms with van der Waals surface area (Å²) in [5, 5.41) is 9.71. The lowest BCUT2D eigenvalue weighted by atomic mass is 9.90. The van der Waals surface area contributed by atoms with Crippen LogP contribution in [0.25, 0.3) is 0 Å². The first-order valence-electron chi connectivity index (χ1n) is 6.47. The Morgan fingerprint density at radius 1 is 1.45 bits per heavy atom. The predicted molar refractivity (Wildman–Crippen MR) is 77.1 cm³/mol. The fourth-order valence-electron chi connectivity index (χ4n) is 2.46. The van der Waals surface area contributed by atoms with Crippen LogP contribution in [0.3, 0.4) is 0 Å². The third-order valence-electron chi connectivity index (χ3n) is 3.74. The molecule has 0 bridgehead atoms.